The van der Waals surface area contributed by atoms with Crippen molar-refractivity contribution in [2.45, 2.75) is 16.4 Å². The number of hydrogen-bond donors (Lipinski definition) is 0. The maximum Gasteiger partial charge on any atom is 0.316 e. The first-order valence-corrected chi connectivity index (χ1v) is 11.0. The van der Waals surface area contributed by atoms with Crippen molar-refractivity contribution >= 4 is 27.8 Å². The first-order valence-electron chi connectivity index (χ1n) is 8.56. The van der Waals surface area contributed by atoms with Crippen LogP contribution in [-0.4, -0.2) is 50.7 Å². The predicted molar refractivity (Wildman–Crippen MR) is 103 cm³/mol. The van der Waals surface area contributed by atoms with Crippen LogP contribution in [0.3, 0.4) is 0 Å². The van der Waals surface area contributed by atoms with Crippen LogP contribution in [0.25, 0.3) is 0 Å². The van der Waals surface area contributed by atoms with Gasteiger partial charge in [-0.15, -0.1) is 11.8 Å². The van der Waals surface area contributed by atoms with Crippen LogP contribution in [0.2, 0.25) is 0 Å². The van der Waals surface area contributed by atoms with E-state index in [1.807, 2.05) is 30.3 Å². The Morgan fingerprint density at radius 1 is 1.07 bits per heavy atom. The molecule has 1 aliphatic heterocycles. The highest BCUT2D eigenvalue weighted by atomic mass is 32.2. The van der Waals surface area contributed by atoms with Crippen LogP contribution in [0.5, 0.6) is 0 Å². The van der Waals surface area contributed by atoms with Crippen molar-refractivity contribution in [3.05, 3.63) is 60.2 Å². The molecule has 27 heavy (non-hydrogen) atoms. The molecule has 0 aliphatic carbocycles. The molecular weight excluding hydrogens is 386 g/mol. The summed E-state index contributed by atoms with van der Waals surface area (Å²) >= 11 is 1.40. The molecule has 0 atom stereocenters. The minimum atomic E-state index is -3.56. The van der Waals surface area contributed by atoms with E-state index in [9.17, 15) is 13.2 Å². The monoisotopic (exact) mass is 407 g/mol. The summed E-state index contributed by atoms with van der Waals surface area (Å²) in [6.45, 7) is 1.53. The van der Waals surface area contributed by atoms with E-state index in [2.05, 4.69) is 0 Å². The average molecular weight is 408 g/mol. The summed E-state index contributed by atoms with van der Waals surface area (Å²) in [6, 6.07) is 16.1. The summed E-state index contributed by atoms with van der Waals surface area (Å²) in [5.74, 6) is -0.138. The Balaban J connectivity index is 1.56. The lowest BCUT2D eigenvalue weighted by Gasteiger charge is -2.26. The van der Waals surface area contributed by atoms with Crippen LogP contribution in [0.1, 0.15) is 5.56 Å². The average Bonchev–Trinajstić information content (AvgIpc) is 2.72. The molecule has 0 spiro atoms. The molecule has 0 saturated carbocycles. The van der Waals surface area contributed by atoms with Crippen molar-refractivity contribution in [1.82, 2.24) is 4.31 Å². The fourth-order valence-corrected chi connectivity index (χ4v) is 4.79. The fraction of sp³-hybridized carbons (Fsp3) is 0.316. The number of esters is 1. The van der Waals surface area contributed by atoms with Gasteiger partial charge in [-0.25, -0.2) is 8.42 Å². The zero-order valence-electron chi connectivity index (χ0n) is 14.7. The van der Waals surface area contributed by atoms with E-state index in [1.54, 1.807) is 24.3 Å². The number of hydrogen-bond acceptors (Lipinski definition) is 6. The molecule has 2 aromatic rings. The molecule has 1 aliphatic rings. The number of carbonyl (C=O) groups excluding carboxylic acids is 1. The third kappa shape index (κ3) is 5.55. The van der Waals surface area contributed by atoms with Gasteiger partial charge in [-0.2, -0.15) is 4.31 Å². The SMILES string of the molecule is O=C(CSc1ccccc1)OCc1cccc(S(=O)(=O)N2CCOCC2)c1. The van der Waals surface area contributed by atoms with E-state index in [4.69, 9.17) is 9.47 Å². The van der Waals surface area contributed by atoms with Crippen molar-refractivity contribution in [3.8, 4) is 0 Å². The van der Waals surface area contributed by atoms with Crippen LogP contribution in [-0.2, 0) is 30.9 Å². The lowest BCUT2D eigenvalue weighted by Crippen LogP contribution is -2.40. The molecule has 0 amide bonds. The van der Waals surface area contributed by atoms with Gasteiger partial charge in [-0.1, -0.05) is 30.3 Å². The second-order valence-electron chi connectivity index (χ2n) is 5.93. The van der Waals surface area contributed by atoms with Gasteiger partial charge in [0.15, 0.2) is 0 Å². The number of morpholine rings is 1. The third-order valence-electron chi connectivity index (χ3n) is 4.01. The maximum absolute atomic E-state index is 12.7. The van der Waals surface area contributed by atoms with Crippen molar-refractivity contribution in [2.75, 3.05) is 32.1 Å². The highest BCUT2D eigenvalue weighted by Gasteiger charge is 2.26. The van der Waals surface area contributed by atoms with Crippen LogP contribution >= 0.6 is 11.8 Å². The summed E-state index contributed by atoms with van der Waals surface area (Å²) in [5.41, 5.74) is 0.641. The molecule has 1 fully saturated rings. The van der Waals surface area contributed by atoms with Gasteiger partial charge in [0.1, 0.15) is 6.61 Å². The van der Waals surface area contributed by atoms with E-state index in [0.717, 1.165) is 4.90 Å². The smallest absolute Gasteiger partial charge is 0.316 e. The molecule has 1 saturated heterocycles. The maximum atomic E-state index is 12.7. The molecule has 0 radical (unpaired) electrons. The molecule has 0 unspecified atom stereocenters. The van der Waals surface area contributed by atoms with E-state index < -0.39 is 10.0 Å². The number of benzene rings is 2. The highest BCUT2D eigenvalue weighted by molar-refractivity contribution is 8.00. The predicted octanol–water partition coefficient (Wildman–Crippen LogP) is 2.54. The number of carbonyl (C=O) groups is 1. The fourth-order valence-electron chi connectivity index (χ4n) is 2.60. The van der Waals surface area contributed by atoms with E-state index in [0.29, 0.717) is 31.9 Å². The number of rotatable bonds is 7. The van der Waals surface area contributed by atoms with Crippen LogP contribution in [0, 0.1) is 0 Å². The van der Waals surface area contributed by atoms with Crippen molar-refractivity contribution in [1.29, 1.82) is 0 Å². The van der Waals surface area contributed by atoms with E-state index in [-0.39, 0.29) is 23.2 Å². The Labute approximate surface area is 163 Å². The summed E-state index contributed by atoms with van der Waals surface area (Å²) in [7, 11) is -3.56. The molecule has 8 heteroatoms. The molecule has 2 aromatic carbocycles. The van der Waals surface area contributed by atoms with E-state index in [1.165, 1.54) is 16.1 Å². The summed E-state index contributed by atoms with van der Waals surface area (Å²) < 4.78 is 37.3. The zero-order valence-corrected chi connectivity index (χ0v) is 16.4. The molecule has 144 valence electrons. The Bertz CT molecular complexity index is 865. The highest BCUT2D eigenvalue weighted by Crippen LogP contribution is 2.20. The zero-order chi connectivity index (χ0) is 19.1. The lowest BCUT2D eigenvalue weighted by molar-refractivity contribution is -0.141. The minimum Gasteiger partial charge on any atom is -0.460 e. The quantitative estimate of drug-likeness (QED) is 0.519. The first kappa shape index (κ1) is 19.9. The van der Waals surface area contributed by atoms with Crippen LogP contribution in [0.15, 0.2) is 64.4 Å². The van der Waals surface area contributed by atoms with Crippen molar-refractivity contribution < 1.29 is 22.7 Å². The Morgan fingerprint density at radius 3 is 2.56 bits per heavy atom. The molecule has 0 bridgehead atoms. The molecule has 1 heterocycles. The second-order valence-corrected chi connectivity index (χ2v) is 8.91. The second kappa shape index (κ2) is 9.36. The molecule has 0 N–H and O–H groups in total. The Morgan fingerprint density at radius 2 is 1.81 bits per heavy atom. The van der Waals surface area contributed by atoms with Crippen molar-refractivity contribution in [2.24, 2.45) is 0 Å². The molecular formula is C19H21NO5S2. The van der Waals surface area contributed by atoms with Gasteiger partial charge >= 0.3 is 5.97 Å². The number of nitrogens with zero attached hydrogens (tertiary/aromatic N) is 1. The van der Waals surface area contributed by atoms with Gasteiger partial charge in [-0.3, -0.25) is 4.79 Å². The number of thioether (sulfide) groups is 1. The summed E-state index contributed by atoms with van der Waals surface area (Å²) in [4.78, 5) is 13.1. The third-order valence-corrected chi connectivity index (χ3v) is 6.89. The Hall–Kier alpha value is -1.87. The van der Waals surface area contributed by atoms with Crippen LogP contribution < -0.4 is 0 Å². The number of sulfonamides is 1. The van der Waals surface area contributed by atoms with Gasteiger partial charge in [0.2, 0.25) is 10.0 Å². The number of ether oxygens (including phenoxy) is 2. The summed E-state index contributed by atoms with van der Waals surface area (Å²) in [6.07, 6.45) is 0. The van der Waals surface area contributed by atoms with Gasteiger partial charge in [0, 0.05) is 18.0 Å². The first-order chi connectivity index (χ1) is 13.1. The lowest BCUT2D eigenvalue weighted by atomic mass is 10.2. The minimum absolute atomic E-state index is 0.0423. The standard InChI is InChI=1S/C19H21NO5S2/c21-19(15-26-17-6-2-1-3-7-17)25-14-16-5-4-8-18(13-16)27(22,23)20-9-11-24-12-10-20/h1-8,13H,9-12,14-15H2. The normalized spacial score (nSPS) is 15.4. The molecule has 0 aromatic heterocycles. The Kier molecular flexibility index (Phi) is 6.89. The molecule has 6 nitrogen and oxygen atoms in total. The summed E-state index contributed by atoms with van der Waals surface area (Å²) in [5, 5.41) is 0. The van der Waals surface area contributed by atoms with Crippen molar-refractivity contribution in [3.63, 3.8) is 0 Å². The topological polar surface area (TPSA) is 72.9 Å². The van der Waals surface area contributed by atoms with E-state index >= 15 is 0 Å². The largest absolute Gasteiger partial charge is 0.460 e. The van der Waals surface area contributed by atoms with Gasteiger partial charge < -0.3 is 9.47 Å². The van der Waals surface area contributed by atoms with Gasteiger partial charge in [0.25, 0.3) is 0 Å². The van der Waals surface area contributed by atoms with Crippen LogP contribution in [0.4, 0.5) is 0 Å². The molecule has 3 rings (SSSR count). The van der Waals surface area contributed by atoms with Gasteiger partial charge in [-0.05, 0) is 29.8 Å². The van der Waals surface area contributed by atoms with Gasteiger partial charge in [0.05, 0.1) is 23.9 Å².